The molecule has 2 aliphatic rings. The summed E-state index contributed by atoms with van der Waals surface area (Å²) in [5.74, 6) is -0.524. The van der Waals surface area contributed by atoms with Crippen molar-refractivity contribution in [3.63, 3.8) is 0 Å². The third-order valence-corrected chi connectivity index (χ3v) is 8.17. The highest BCUT2D eigenvalue weighted by molar-refractivity contribution is 7.92. The van der Waals surface area contributed by atoms with Gasteiger partial charge in [0.1, 0.15) is 5.54 Å². The minimum atomic E-state index is -3.81. The van der Waals surface area contributed by atoms with Gasteiger partial charge in [0.05, 0.1) is 10.6 Å². The molecule has 2 aromatic rings. The molecule has 34 heavy (non-hydrogen) atoms. The van der Waals surface area contributed by atoms with Crippen LogP contribution in [0.5, 0.6) is 0 Å². The number of imide groups is 1. The van der Waals surface area contributed by atoms with E-state index in [4.69, 9.17) is 0 Å². The van der Waals surface area contributed by atoms with Crippen LogP contribution in [0, 0.1) is 0 Å². The van der Waals surface area contributed by atoms with Gasteiger partial charge in [0.15, 0.2) is 0 Å². The van der Waals surface area contributed by atoms with Crippen LogP contribution in [0.25, 0.3) is 0 Å². The lowest BCUT2D eigenvalue weighted by molar-refractivity contribution is -0.131. The monoisotopic (exact) mass is 484 g/mol. The van der Waals surface area contributed by atoms with E-state index in [1.807, 2.05) is 0 Å². The second kappa shape index (κ2) is 9.46. The third kappa shape index (κ3) is 4.63. The fraction of sp³-hybridized carbons (Fsp3) is 0.375. The number of para-hydroxylation sites is 1. The van der Waals surface area contributed by atoms with Crippen molar-refractivity contribution in [1.29, 1.82) is 0 Å². The zero-order valence-corrected chi connectivity index (χ0v) is 19.8. The van der Waals surface area contributed by atoms with Gasteiger partial charge in [-0.3, -0.25) is 18.8 Å². The number of hydrogen-bond donors (Lipinski definition) is 2. The van der Waals surface area contributed by atoms with Crippen LogP contribution in [0.2, 0.25) is 0 Å². The third-order valence-electron chi connectivity index (χ3n) is 6.38. The van der Waals surface area contributed by atoms with Gasteiger partial charge in [-0.15, -0.1) is 0 Å². The lowest BCUT2D eigenvalue weighted by Gasteiger charge is -2.20. The van der Waals surface area contributed by atoms with Crippen molar-refractivity contribution in [2.45, 2.75) is 49.0 Å². The Hall–Kier alpha value is -3.40. The zero-order chi connectivity index (χ0) is 24.3. The highest BCUT2D eigenvalue weighted by Gasteiger charge is 2.52. The molecule has 4 amide bonds. The average molecular weight is 485 g/mol. The first-order valence-electron chi connectivity index (χ1n) is 11.3. The van der Waals surface area contributed by atoms with Gasteiger partial charge in [-0.25, -0.2) is 13.2 Å². The molecule has 0 bridgehead atoms. The molecule has 4 rings (SSSR count). The normalized spacial score (nSPS) is 17.1. The minimum absolute atomic E-state index is 0.0536. The highest BCUT2D eigenvalue weighted by Crippen LogP contribution is 2.35. The van der Waals surface area contributed by atoms with E-state index < -0.39 is 21.6 Å². The van der Waals surface area contributed by atoms with Crippen molar-refractivity contribution < 1.29 is 22.8 Å². The number of benzene rings is 2. The molecule has 1 saturated heterocycles. The first-order valence-corrected chi connectivity index (χ1v) is 12.7. The molecule has 2 N–H and O–H groups in total. The van der Waals surface area contributed by atoms with Crippen LogP contribution < -0.4 is 14.9 Å². The van der Waals surface area contributed by atoms with Gasteiger partial charge in [0.2, 0.25) is 5.91 Å². The lowest BCUT2D eigenvalue weighted by Crippen LogP contribution is -2.44. The number of urea groups is 1. The molecular formula is C24H28N4O5S. The molecule has 9 nitrogen and oxygen atoms in total. The van der Waals surface area contributed by atoms with E-state index >= 15 is 0 Å². The molecule has 1 heterocycles. The second-order valence-corrected chi connectivity index (χ2v) is 10.6. The SMILES string of the molecule is CN(c1ccccc1)S(=O)(=O)c1cccc(NC(=O)CCCN2C(=O)NC3(CCCC3)C2=O)c1. The van der Waals surface area contributed by atoms with Crippen LogP contribution >= 0.6 is 0 Å². The van der Waals surface area contributed by atoms with Gasteiger partial charge in [-0.1, -0.05) is 37.1 Å². The number of sulfonamides is 1. The van der Waals surface area contributed by atoms with Gasteiger partial charge in [0, 0.05) is 25.7 Å². The van der Waals surface area contributed by atoms with E-state index in [1.165, 1.54) is 28.4 Å². The van der Waals surface area contributed by atoms with Gasteiger partial charge >= 0.3 is 6.03 Å². The quantitative estimate of drug-likeness (QED) is 0.559. The Morgan fingerprint density at radius 2 is 1.79 bits per heavy atom. The van der Waals surface area contributed by atoms with Crippen molar-refractivity contribution in [3.8, 4) is 0 Å². The number of carbonyl (C=O) groups excluding carboxylic acids is 3. The Bertz CT molecular complexity index is 1190. The lowest BCUT2D eigenvalue weighted by atomic mass is 9.98. The van der Waals surface area contributed by atoms with Gasteiger partial charge in [0.25, 0.3) is 15.9 Å². The van der Waals surface area contributed by atoms with Crippen molar-refractivity contribution in [1.82, 2.24) is 10.2 Å². The highest BCUT2D eigenvalue weighted by atomic mass is 32.2. The van der Waals surface area contributed by atoms with E-state index in [1.54, 1.807) is 42.5 Å². The van der Waals surface area contributed by atoms with Gasteiger partial charge in [-0.2, -0.15) is 0 Å². The van der Waals surface area contributed by atoms with E-state index in [0.29, 0.717) is 30.6 Å². The molecule has 1 aliphatic heterocycles. The number of amides is 4. The van der Waals surface area contributed by atoms with Gasteiger partial charge in [-0.05, 0) is 49.6 Å². The van der Waals surface area contributed by atoms with Crippen LogP contribution in [0.3, 0.4) is 0 Å². The minimum Gasteiger partial charge on any atom is -0.326 e. The van der Waals surface area contributed by atoms with Crippen LogP contribution in [0.15, 0.2) is 59.5 Å². The van der Waals surface area contributed by atoms with Gasteiger partial charge < -0.3 is 10.6 Å². The largest absolute Gasteiger partial charge is 0.326 e. The summed E-state index contributed by atoms with van der Waals surface area (Å²) in [6.07, 6.45) is 3.55. The Morgan fingerprint density at radius 1 is 1.09 bits per heavy atom. The molecule has 0 unspecified atom stereocenters. The molecule has 1 saturated carbocycles. The fourth-order valence-electron chi connectivity index (χ4n) is 4.49. The summed E-state index contributed by atoms with van der Waals surface area (Å²) in [6, 6.07) is 14.4. The molecule has 1 spiro atoms. The topological polar surface area (TPSA) is 116 Å². The van der Waals surface area contributed by atoms with E-state index in [-0.39, 0.29) is 29.7 Å². The molecule has 0 radical (unpaired) electrons. The molecule has 180 valence electrons. The predicted octanol–water partition coefficient (Wildman–Crippen LogP) is 3.10. The number of rotatable bonds is 8. The average Bonchev–Trinajstić information content (AvgIpc) is 3.39. The standard InChI is InChI=1S/C24H28N4O5S/c1-27(19-10-3-2-4-11-19)34(32,33)20-12-7-9-18(17-20)25-21(29)13-8-16-28-22(30)24(26-23(28)31)14-5-6-15-24/h2-4,7,9-12,17H,5-6,8,13-16H2,1H3,(H,25,29)(H,26,31). The number of anilines is 2. The van der Waals surface area contributed by atoms with E-state index in [0.717, 1.165) is 12.8 Å². The van der Waals surface area contributed by atoms with Crippen molar-refractivity contribution >= 4 is 39.2 Å². The molecule has 10 heteroatoms. The Labute approximate surface area is 199 Å². The summed E-state index contributed by atoms with van der Waals surface area (Å²) in [5, 5.41) is 5.53. The Kier molecular flexibility index (Phi) is 6.60. The first kappa shape index (κ1) is 23.7. The molecule has 0 atom stereocenters. The molecule has 2 aromatic carbocycles. The number of nitrogens with zero attached hydrogens (tertiary/aromatic N) is 2. The Balaban J connectivity index is 1.34. The van der Waals surface area contributed by atoms with Crippen molar-refractivity contribution in [2.75, 3.05) is 23.2 Å². The van der Waals surface area contributed by atoms with Crippen LogP contribution in [0.1, 0.15) is 38.5 Å². The maximum absolute atomic E-state index is 13.0. The van der Waals surface area contributed by atoms with Crippen LogP contribution in [-0.2, 0) is 19.6 Å². The summed E-state index contributed by atoms with van der Waals surface area (Å²) in [4.78, 5) is 38.6. The smallest absolute Gasteiger partial charge is 0.325 e. The van der Waals surface area contributed by atoms with E-state index in [9.17, 15) is 22.8 Å². The molecular weight excluding hydrogens is 456 g/mol. The maximum atomic E-state index is 13.0. The summed E-state index contributed by atoms with van der Waals surface area (Å²) < 4.78 is 27.2. The maximum Gasteiger partial charge on any atom is 0.325 e. The second-order valence-electron chi connectivity index (χ2n) is 8.66. The molecule has 2 fully saturated rings. The predicted molar refractivity (Wildman–Crippen MR) is 128 cm³/mol. The number of nitrogens with one attached hydrogen (secondary N) is 2. The molecule has 1 aliphatic carbocycles. The molecule has 0 aromatic heterocycles. The fourth-order valence-corrected chi connectivity index (χ4v) is 5.73. The summed E-state index contributed by atoms with van der Waals surface area (Å²) in [7, 11) is -2.33. The van der Waals surface area contributed by atoms with Crippen LogP contribution in [-0.4, -0.2) is 50.3 Å². The van der Waals surface area contributed by atoms with E-state index in [2.05, 4.69) is 10.6 Å². The Morgan fingerprint density at radius 3 is 2.50 bits per heavy atom. The zero-order valence-electron chi connectivity index (χ0n) is 19.0. The number of carbonyl (C=O) groups is 3. The summed E-state index contributed by atoms with van der Waals surface area (Å²) in [6.45, 7) is 0.163. The first-order chi connectivity index (χ1) is 16.2. The van der Waals surface area contributed by atoms with Crippen molar-refractivity contribution in [3.05, 3.63) is 54.6 Å². The van der Waals surface area contributed by atoms with Crippen LogP contribution in [0.4, 0.5) is 16.2 Å². The summed E-state index contributed by atoms with van der Waals surface area (Å²) >= 11 is 0. The summed E-state index contributed by atoms with van der Waals surface area (Å²) in [5.41, 5.74) is 0.127. The number of hydrogen-bond acceptors (Lipinski definition) is 5. The van der Waals surface area contributed by atoms with Crippen molar-refractivity contribution in [2.24, 2.45) is 0 Å².